The van der Waals surface area contributed by atoms with Gasteiger partial charge in [0.1, 0.15) is 5.58 Å². The van der Waals surface area contributed by atoms with E-state index in [0.29, 0.717) is 17.0 Å². The molecule has 2 aromatic heterocycles. The lowest BCUT2D eigenvalue weighted by molar-refractivity contribution is 0.439. The van der Waals surface area contributed by atoms with Crippen LogP contribution in [0.5, 0.6) is 5.75 Å². The summed E-state index contributed by atoms with van der Waals surface area (Å²) in [5.41, 5.74) is 5.84. The molecule has 0 saturated carbocycles. The molecule has 0 aliphatic rings. The number of fused-ring (bicyclic) bond motifs is 1. The third-order valence-corrected chi connectivity index (χ3v) is 2.64. The molecule has 0 amide bonds. The number of anilines is 1. The predicted octanol–water partition coefficient (Wildman–Crippen LogP) is 2.34. The number of aromatic hydroxyl groups is 1. The number of hydrogen-bond donors (Lipinski definition) is 2. The van der Waals surface area contributed by atoms with Crippen LogP contribution in [0.25, 0.3) is 22.5 Å². The number of benzene rings is 1. The van der Waals surface area contributed by atoms with Gasteiger partial charge >= 0.3 is 0 Å². The van der Waals surface area contributed by atoms with Crippen LogP contribution in [0.4, 0.5) is 5.69 Å². The average molecular weight is 243 g/mol. The van der Waals surface area contributed by atoms with Gasteiger partial charge in [-0.2, -0.15) is 0 Å². The van der Waals surface area contributed by atoms with Gasteiger partial charge < -0.3 is 19.7 Å². The van der Waals surface area contributed by atoms with E-state index in [4.69, 9.17) is 14.6 Å². The van der Waals surface area contributed by atoms with Crippen LogP contribution in [0.2, 0.25) is 0 Å². The molecular formula is C13H9NO4. The highest BCUT2D eigenvalue weighted by molar-refractivity contribution is 5.83. The first kappa shape index (κ1) is 10.5. The fourth-order valence-electron chi connectivity index (χ4n) is 1.78. The van der Waals surface area contributed by atoms with Crippen molar-refractivity contribution in [1.29, 1.82) is 0 Å². The molecule has 3 aromatic rings. The second kappa shape index (κ2) is 3.66. The van der Waals surface area contributed by atoms with Crippen molar-refractivity contribution in [2.24, 2.45) is 0 Å². The van der Waals surface area contributed by atoms with Crippen molar-refractivity contribution >= 4 is 16.7 Å². The van der Waals surface area contributed by atoms with E-state index in [9.17, 15) is 9.90 Å². The standard InChI is InChI=1S/C13H9NO4/c14-7-3-4-9-8(6-7)11(15)12(16)13(18-9)10-2-1-5-17-10/h1-6,16H,14H2. The molecule has 0 aliphatic carbocycles. The zero-order valence-corrected chi connectivity index (χ0v) is 9.21. The van der Waals surface area contributed by atoms with Gasteiger partial charge in [0.2, 0.25) is 16.9 Å². The third kappa shape index (κ3) is 1.45. The second-order valence-corrected chi connectivity index (χ2v) is 3.84. The van der Waals surface area contributed by atoms with Gasteiger partial charge in [0.05, 0.1) is 11.6 Å². The minimum Gasteiger partial charge on any atom is -0.501 e. The maximum atomic E-state index is 12.0. The molecule has 0 fully saturated rings. The topological polar surface area (TPSA) is 89.6 Å². The van der Waals surface area contributed by atoms with Gasteiger partial charge in [-0.3, -0.25) is 4.79 Å². The summed E-state index contributed by atoms with van der Waals surface area (Å²) in [4.78, 5) is 12.0. The monoisotopic (exact) mass is 243 g/mol. The average Bonchev–Trinajstić information content (AvgIpc) is 2.88. The van der Waals surface area contributed by atoms with Crippen molar-refractivity contribution in [2.75, 3.05) is 5.73 Å². The van der Waals surface area contributed by atoms with Crippen LogP contribution in [0.15, 0.2) is 50.2 Å². The summed E-state index contributed by atoms with van der Waals surface area (Å²) >= 11 is 0. The number of nitrogens with two attached hydrogens (primary N) is 1. The third-order valence-electron chi connectivity index (χ3n) is 2.64. The Bertz CT molecular complexity index is 772. The Morgan fingerprint density at radius 1 is 1.22 bits per heavy atom. The Balaban J connectivity index is 2.40. The van der Waals surface area contributed by atoms with Gasteiger partial charge in [-0.25, -0.2) is 0 Å². The van der Waals surface area contributed by atoms with E-state index in [0.717, 1.165) is 0 Å². The van der Waals surface area contributed by atoms with Gasteiger partial charge in [-0.15, -0.1) is 0 Å². The number of furan rings is 1. The summed E-state index contributed by atoms with van der Waals surface area (Å²) in [7, 11) is 0. The van der Waals surface area contributed by atoms with Crippen molar-refractivity contribution in [3.63, 3.8) is 0 Å². The van der Waals surface area contributed by atoms with Crippen LogP contribution in [0, 0.1) is 0 Å². The molecular weight excluding hydrogens is 234 g/mol. The highest BCUT2D eigenvalue weighted by Crippen LogP contribution is 2.30. The van der Waals surface area contributed by atoms with E-state index in [1.54, 1.807) is 24.3 Å². The molecule has 0 unspecified atom stereocenters. The zero-order valence-electron chi connectivity index (χ0n) is 9.21. The van der Waals surface area contributed by atoms with Crippen LogP contribution in [0.3, 0.4) is 0 Å². The number of rotatable bonds is 1. The molecule has 18 heavy (non-hydrogen) atoms. The normalized spacial score (nSPS) is 10.9. The molecule has 0 radical (unpaired) electrons. The molecule has 1 aromatic carbocycles. The first-order chi connectivity index (χ1) is 8.66. The van der Waals surface area contributed by atoms with Gasteiger partial charge in [0.15, 0.2) is 5.76 Å². The minimum atomic E-state index is -0.532. The van der Waals surface area contributed by atoms with Crippen LogP contribution >= 0.6 is 0 Å². The zero-order chi connectivity index (χ0) is 12.7. The Morgan fingerprint density at radius 3 is 2.78 bits per heavy atom. The van der Waals surface area contributed by atoms with Crippen molar-refractivity contribution in [1.82, 2.24) is 0 Å². The predicted molar refractivity (Wildman–Crippen MR) is 66.3 cm³/mol. The second-order valence-electron chi connectivity index (χ2n) is 3.84. The first-order valence-corrected chi connectivity index (χ1v) is 5.26. The molecule has 0 aliphatic heterocycles. The van der Waals surface area contributed by atoms with Crippen molar-refractivity contribution in [2.45, 2.75) is 0 Å². The maximum Gasteiger partial charge on any atom is 0.235 e. The Kier molecular flexibility index (Phi) is 2.13. The molecule has 90 valence electrons. The summed E-state index contributed by atoms with van der Waals surface area (Å²) in [5.74, 6) is -0.173. The summed E-state index contributed by atoms with van der Waals surface area (Å²) in [5, 5.41) is 10.1. The SMILES string of the molecule is Nc1ccc2oc(-c3ccco3)c(O)c(=O)c2c1. The van der Waals surface area contributed by atoms with E-state index in [-0.39, 0.29) is 11.1 Å². The van der Waals surface area contributed by atoms with Crippen LogP contribution in [-0.4, -0.2) is 5.11 Å². The van der Waals surface area contributed by atoms with E-state index < -0.39 is 11.2 Å². The molecule has 5 nitrogen and oxygen atoms in total. The Morgan fingerprint density at radius 2 is 2.06 bits per heavy atom. The quantitative estimate of drug-likeness (QED) is 0.640. The van der Waals surface area contributed by atoms with Gasteiger partial charge in [0.25, 0.3) is 0 Å². The lowest BCUT2D eigenvalue weighted by Crippen LogP contribution is -2.03. The van der Waals surface area contributed by atoms with Crippen LogP contribution in [-0.2, 0) is 0 Å². The summed E-state index contributed by atoms with van der Waals surface area (Å²) in [6.07, 6.45) is 1.43. The fraction of sp³-hybridized carbons (Fsp3) is 0. The van der Waals surface area contributed by atoms with Crippen molar-refractivity contribution < 1.29 is 13.9 Å². The molecule has 0 bridgehead atoms. The maximum absolute atomic E-state index is 12.0. The molecule has 3 rings (SSSR count). The van der Waals surface area contributed by atoms with E-state index >= 15 is 0 Å². The van der Waals surface area contributed by atoms with Crippen molar-refractivity contribution in [3.05, 3.63) is 46.8 Å². The lowest BCUT2D eigenvalue weighted by atomic mass is 10.2. The van der Waals surface area contributed by atoms with Crippen molar-refractivity contribution in [3.8, 4) is 17.3 Å². The highest BCUT2D eigenvalue weighted by atomic mass is 16.4. The van der Waals surface area contributed by atoms with E-state index in [1.807, 2.05) is 0 Å². The van der Waals surface area contributed by atoms with Gasteiger partial charge in [-0.1, -0.05) is 0 Å². The minimum absolute atomic E-state index is 0.0160. The Labute approximate surface area is 101 Å². The van der Waals surface area contributed by atoms with Gasteiger partial charge in [0, 0.05) is 5.69 Å². The van der Waals surface area contributed by atoms with Crippen LogP contribution in [0.1, 0.15) is 0 Å². The van der Waals surface area contributed by atoms with E-state index in [2.05, 4.69) is 0 Å². The molecule has 0 saturated heterocycles. The molecule has 3 N–H and O–H groups in total. The molecule has 0 spiro atoms. The first-order valence-electron chi connectivity index (χ1n) is 5.26. The molecule has 0 atom stereocenters. The number of nitrogen functional groups attached to an aromatic ring is 1. The molecule has 5 heteroatoms. The smallest absolute Gasteiger partial charge is 0.235 e. The largest absolute Gasteiger partial charge is 0.501 e. The number of hydrogen-bond acceptors (Lipinski definition) is 5. The summed E-state index contributed by atoms with van der Waals surface area (Å²) in [6, 6.07) is 7.90. The lowest BCUT2D eigenvalue weighted by Gasteiger charge is -2.03. The van der Waals surface area contributed by atoms with E-state index in [1.165, 1.54) is 12.3 Å². The fourth-order valence-corrected chi connectivity index (χ4v) is 1.78. The van der Waals surface area contributed by atoms with Crippen LogP contribution < -0.4 is 11.2 Å². The summed E-state index contributed by atoms with van der Waals surface area (Å²) in [6.45, 7) is 0. The Hall–Kier alpha value is -2.69. The van der Waals surface area contributed by atoms with Gasteiger partial charge in [-0.05, 0) is 30.3 Å². The summed E-state index contributed by atoms with van der Waals surface area (Å²) < 4.78 is 10.6. The molecule has 2 heterocycles. The highest BCUT2D eigenvalue weighted by Gasteiger charge is 2.17.